The zero-order valence-electron chi connectivity index (χ0n) is 11.2. The molecule has 0 radical (unpaired) electrons. The first-order valence-corrected chi connectivity index (χ1v) is 7.02. The van der Waals surface area contributed by atoms with Crippen LogP contribution in [0.25, 0.3) is 5.69 Å². The molecule has 3 N–H and O–H groups in total. The van der Waals surface area contributed by atoms with Gasteiger partial charge in [0.15, 0.2) is 0 Å². The molecule has 1 amide bonds. The highest BCUT2D eigenvalue weighted by molar-refractivity contribution is 6.33. The number of amides is 1. The molecular formula is C14H15ClN4O2. The van der Waals surface area contributed by atoms with Crippen molar-refractivity contribution in [2.45, 2.75) is 18.6 Å². The van der Waals surface area contributed by atoms with Gasteiger partial charge in [0.1, 0.15) is 0 Å². The molecule has 110 valence electrons. The van der Waals surface area contributed by atoms with Crippen molar-refractivity contribution in [3.8, 4) is 5.69 Å². The van der Waals surface area contributed by atoms with E-state index in [1.54, 1.807) is 41.5 Å². The van der Waals surface area contributed by atoms with E-state index in [9.17, 15) is 9.90 Å². The minimum Gasteiger partial charge on any atom is -0.392 e. The van der Waals surface area contributed by atoms with Gasteiger partial charge < -0.3 is 20.3 Å². The van der Waals surface area contributed by atoms with Gasteiger partial charge in [-0.25, -0.2) is 4.98 Å². The Kier molecular flexibility index (Phi) is 3.92. The number of aliphatic hydroxyl groups is 1. The van der Waals surface area contributed by atoms with Crippen LogP contribution in [0.1, 0.15) is 6.42 Å². The lowest BCUT2D eigenvalue weighted by atomic mass is 10.2. The molecule has 2 atom stereocenters. The fourth-order valence-corrected chi connectivity index (χ4v) is 2.68. The van der Waals surface area contributed by atoms with Crippen molar-refractivity contribution < 1.29 is 9.90 Å². The minimum atomic E-state index is -0.478. The van der Waals surface area contributed by atoms with Gasteiger partial charge in [0.25, 0.3) is 0 Å². The Morgan fingerprint density at radius 3 is 3.05 bits per heavy atom. The number of carbonyl (C=O) groups excluding carboxylic acids is 1. The second kappa shape index (κ2) is 5.85. The second-order valence-electron chi connectivity index (χ2n) is 4.95. The van der Waals surface area contributed by atoms with Crippen LogP contribution in [0.15, 0.2) is 36.9 Å². The normalized spacial score (nSPS) is 21.4. The molecular weight excluding hydrogens is 292 g/mol. The summed E-state index contributed by atoms with van der Waals surface area (Å²) < 4.78 is 1.74. The summed E-state index contributed by atoms with van der Waals surface area (Å²) in [6.07, 6.45) is 4.95. The molecule has 0 aliphatic carbocycles. The van der Waals surface area contributed by atoms with E-state index in [0.717, 1.165) is 0 Å². The Labute approximate surface area is 126 Å². The maximum absolute atomic E-state index is 12.2. The molecule has 0 spiro atoms. The highest BCUT2D eigenvalue weighted by atomic mass is 35.5. The second-order valence-corrected chi connectivity index (χ2v) is 5.35. The molecule has 2 unspecified atom stereocenters. The van der Waals surface area contributed by atoms with E-state index in [0.29, 0.717) is 29.4 Å². The lowest BCUT2D eigenvalue weighted by Crippen LogP contribution is -2.35. The monoisotopic (exact) mass is 306 g/mol. The van der Waals surface area contributed by atoms with Gasteiger partial charge in [-0.15, -0.1) is 0 Å². The van der Waals surface area contributed by atoms with Crippen LogP contribution in [0.4, 0.5) is 5.69 Å². The third-order valence-corrected chi connectivity index (χ3v) is 3.74. The molecule has 6 nitrogen and oxygen atoms in total. The molecule has 7 heteroatoms. The van der Waals surface area contributed by atoms with Gasteiger partial charge in [-0.2, -0.15) is 0 Å². The fourth-order valence-electron chi connectivity index (χ4n) is 2.41. The largest absolute Gasteiger partial charge is 0.392 e. The van der Waals surface area contributed by atoms with Crippen LogP contribution in [0.3, 0.4) is 0 Å². The summed E-state index contributed by atoms with van der Waals surface area (Å²) in [7, 11) is 0. The topological polar surface area (TPSA) is 79.2 Å². The van der Waals surface area contributed by atoms with Crippen molar-refractivity contribution in [3.63, 3.8) is 0 Å². The average Bonchev–Trinajstić information content (AvgIpc) is 3.10. The molecule has 3 rings (SSSR count). The van der Waals surface area contributed by atoms with Gasteiger partial charge >= 0.3 is 0 Å². The molecule has 2 heterocycles. The zero-order valence-corrected chi connectivity index (χ0v) is 11.9. The van der Waals surface area contributed by atoms with E-state index >= 15 is 0 Å². The molecule has 0 saturated carbocycles. The standard InChI is InChI=1S/C14H15ClN4O2/c15-10-2-1-3-11(13(10)19-5-4-16-8-19)18-14(21)12-6-9(20)7-17-12/h1-5,8-9,12,17,20H,6-7H2,(H,18,21). The first-order valence-electron chi connectivity index (χ1n) is 6.64. The van der Waals surface area contributed by atoms with Gasteiger partial charge in [0, 0.05) is 18.9 Å². The molecule has 0 bridgehead atoms. The van der Waals surface area contributed by atoms with Crippen molar-refractivity contribution in [3.05, 3.63) is 41.9 Å². The quantitative estimate of drug-likeness (QED) is 0.796. The van der Waals surface area contributed by atoms with Crippen molar-refractivity contribution in [2.24, 2.45) is 0 Å². The van der Waals surface area contributed by atoms with Gasteiger partial charge in [-0.3, -0.25) is 4.79 Å². The van der Waals surface area contributed by atoms with E-state index in [1.165, 1.54) is 0 Å². The number of para-hydroxylation sites is 1. The van der Waals surface area contributed by atoms with Gasteiger partial charge in [0.05, 0.1) is 34.9 Å². The Bertz CT molecular complexity index is 644. The predicted octanol–water partition coefficient (Wildman–Crippen LogP) is 1.19. The van der Waals surface area contributed by atoms with Crippen LogP contribution >= 0.6 is 11.6 Å². The molecule has 1 aromatic heterocycles. The van der Waals surface area contributed by atoms with E-state index in [-0.39, 0.29) is 5.91 Å². The summed E-state index contributed by atoms with van der Waals surface area (Å²) >= 11 is 6.23. The zero-order chi connectivity index (χ0) is 14.8. The minimum absolute atomic E-state index is 0.185. The SMILES string of the molecule is O=C(Nc1cccc(Cl)c1-n1ccnc1)C1CC(O)CN1. The number of nitrogens with one attached hydrogen (secondary N) is 2. The molecule has 1 saturated heterocycles. The van der Waals surface area contributed by atoms with E-state index in [1.807, 2.05) is 0 Å². The van der Waals surface area contributed by atoms with Crippen LogP contribution in [-0.4, -0.2) is 39.3 Å². The number of β-amino-alcohol motifs (C(OH)–C–C–N with tert-alkyl or cyclic N) is 1. The van der Waals surface area contributed by atoms with Crippen LogP contribution < -0.4 is 10.6 Å². The van der Waals surface area contributed by atoms with Crippen molar-refractivity contribution in [1.82, 2.24) is 14.9 Å². The number of hydrogen-bond donors (Lipinski definition) is 3. The lowest BCUT2D eigenvalue weighted by Gasteiger charge is -2.15. The summed E-state index contributed by atoms with van der Waals surface area (Å²) in [4.78, 5) is 16.2. The van der Waals surface area contributed by atoms with E-state index in [2.05, 4.69) is 15.6 Å². The number of aromatic nitrogens is 2. The summed E-state index contributed by atoms with van der Waals surface area (Å²) in [6.45, 7) is 0.433. The Morgan fingerprint density at radius 2 is 2.38 bits per heavy atom. The summed E-state index contributed by atoms with van der Waals surface area (Å²) in [5.41, 5.74) is 1.28. The number of benzene rings is 1. The van der Waals surface area contributed by atoms with Crippen LogP contribution in [0, 0.1) is 0 Å². The van der Waals surface area contributed by atoms with Gasteiger partial charge in [0.2, 0.25) is 5.91 Å². The fraction of sp³-hybridized carbons (Fsp3) is 0.286. The van der Waals surface area contributed by atoms with Crippen LogP contribution in [0.2, 0.25) is 5.02 Å². The number of hydrogen-bond acceptors (Lipinski definition) is 4. The van der Waals surface area contributed by atoms with Crippen molar-refractivity contribution >= 4 is 23.2 Å². The molecule has 2 aromatic rings. The number of carbonyl (C=O) groups is 1. The van der Waals surface area contributed by atoms with Gasteiger partial charge in [-0.1, -0.05) is 17.7 Å². The van der Waals surface area contributed by atoms with E-state index < -0.39 is 12.1 Å². The number of aliphatic hydroxyl groups excluding tert-OH is 1. The van der Waals surface area contributed by atoms with Crippen molar-refractivity contribution in [1.29, 1.82) is 0 Å². The van der Waals surface area contributed by atoms with E-state index in [4.69, 9.17) is 11.6 Å². The number of rotatable bonds is 3. The van der Waals surface area contributed by atoms with Gasteiger partial charge in [-0.05, 0) is 18.6 Å². The first-order chi connectivity index (χ1) is 10.1. The third kappa shape index (κ3) is 2.92. The highest BCUT2D eigenvalue weighted by Gasteiger charge is 2.28. The molecule has 1 aliphatic heterocycles. The number of anilines is 1. The van der Waals surface area contributed by atoms with Crippen LogP contribution in [0.5, 0.6) is 0 Å². The summed E-state index contributed by atoms with van der Waals surface area (Å²) in [5.74, 6) is -0.185. The van der Waals surface area contributed by atoms with Crippen molar-refractivity contribution in [2.75, 3.05) is 11.9 Å². The van der Waals surface area contributed by atoms with Crippen LogP contribution in [-0.2, 0) is 4.79 Å². The molecule has 1 aromatic carbocycles. The number of nitrogens with zero attached hydrogens (tertiary/aromatic N) is 2. The molecule has 21 heavy (non-hydrogen) atoms. The summed E-state index contributed by atoms with van der Waals surface area (Å²) in [6, 6.07) is 4.92. The number of imidazole rings is 1. The Hall–Kier alpha value is -1.89. The highest BCUT2D eigenvalue weighted by Crippen LogP contribution is 2.28. The number of halogens is 1. The first kappa shape index (κ1) is 14.1. The smallest absolute Gasteiger partial charge is 0.241 e. The maximum Gasteiger partial charge on any atom is 0.241 e. The third-order valence-electron chi connectivity index (χ3n) is 3.43. The maximum atomic E-state index is 12.2. The lowest BCUT2D eigenvalue weighted by molar-refractivity contribution is -0.117. The average molecular weight is 307 g/mol. The molecule has 1 aliphatic rings. The Morgan fingerprint density at radius 1 is 1.52 bits per heavy atom. The summed E-state index contributed by atoms with van der Waals surface area (Å²) in [5, 5.41) is 15.8. The predicted molar refractivity (Wildman–Crippen MR) is 79.6 cm³/mol. The Balaban J connectivity index is 1.86. The molecule has 1 fully saturated rings.